The highest BCUT2D eigenvalue weighted by Gasteiger charge is 2.27. The summed E-state index contributed by atoms with van der Waals surface area (Å²) in [6.45, 7) is 0.662. The molecule has 0 saturated heterocycles. The molecule has 4 rings (SSSR count). The molecule has 2 aromatic heterocycles. The molecular weight excluding hydrogens is 266 g/mol. The molecule has 104 valence electrons. The fourth-order valence-electron chi connectivity index (χ4n) is 2.75. The zero-order valence-electron chi connectivity index (χ0n) is 11.2. The Morgan fingerprint density at radius 1 is 1.29 bits per heavy atom. The highest BCUT2D eigenvalue weighted by Crippen LogP contribution is 2.31. The Labute approximate surface area is 120 Å². The van der Waals surface area contributed by atoms with Gasteiger partial charge in [-0.15, -0.1) is 0 Å². The minimum Gasteiger partial charge on any atom is -0.399 e. The van der Waals surface area contributed by atoms with Crippen LogP contribution in [0.4, 0.5) is 11.4 Å². The van der Waals surface area contributed by atoms with E-state index in [9.17, 15) is 4.79 Å². The van der Waals surface area contributed by atoms with Gasteiger partial charge in [-0.1, -0.05) is 6.07 Å². The molecule has 0 unspecified atom stereocenters. The predicted octanol–water partition coefficient (Wildman–Crippen LogP) is 1.51. The van der Waals surface area contributed by atoms with Crippen LogP contribution in [0.15, 0.2) is 43.0 Å². The van der Waals surface area contributed by atoms with Gasteiger partial charge in [0.1, 0.15) is 0 Å². The maximum atomic E-state index is 12.8. The van der Waals surface area contributed by atoms with Crippen LogP contribution in [0.1, 0.15) is 15.9 Å². The van der Waals surface area contributed by atoms with Gasteiger partial charge in [0.25, 0.3) is 5.91 Å². The van der Waals surface area contributed by atoms with Crippen LogP contribution in [0.2, 0.25) is 0 Å². The zero-order valence-corrected chi connectivity index (χ0v) is 11.2. The van der Waals surface area contributed by atoms with Crippen molar-refractivity contribution in [2.75, 3.05) is 17.2 Å². The van der Waals surface area contributed by atoms with Gasteiger partial charge < -0.3 is 10.6 Å². The van der Waals surface area contributed by atoms with E-state index in [-0.39, 0.29) is 5.91 Å². The van der Waals surface area contributed by atoms with Crippen LogP contribution >= 0.6 is 0 Å². The second-order valence-corrected chi connectivity index (χ2v) is 5.06. The lowest BCUT2D eigenvalue weighted by Gasteiger charge is -2.17. The summed E-state index contributed by atoms with van der Waals surface area (Å²) in [6.07, 6.45) is 7.45. The highest BCUT2D eigenvalue weighted by atomic mass is 16.2. The molecule has 0 fully saturated rings. The van der Waals surface area contributed by atoms with Gasteiger partial charge in [0.2, 0.25) is 0 Å². The number of hydrogen-bond acceptors (Lipinski definition) is 4. The molecule has 1 aliphatic heterocycles. The lowest BCUT2D eigenvalue weighted by atomic mass is 10.1. The van der Waals surface area contributed by atoms with E-state index in [0.717, 1.165) is 17.7 Å². The van der Waals surface area contributed by atoms with Crippen molar-refractivity contribution in [2.24, 2.45) is 0 Å². The summed E-state index contributed by atoms with van der Waals surface area (Å²) in [5.41, 5.74) is 9.80. The first kappa shape index (κ1) is 11.9. The quantitative estimate of drug-likeness (QED) is 0.685. The number of fused-ring (bicyclic) bond motifs is 2. The normalized spacial score (nSPS) is 13.6. The van der Waals surface area contributed by atoms with Gasteiger partial charge in [-0.25, -0.2) is 4.52 Å². The van der Waals surface area contributed by atoms with Gasteiger partial charge in [0.15, 0.2) is 0 Å². The second kappa shape index (κ2) is 4.31. The number of nitrogen functional groups attached to an aromatic ring is 1. The van der Waals surface area contributed by atoms with E-state index in [2.05, 4.69) is 10.1 Å². The SMILES string of the molecule is Nc1ccc2c(c1)N(C(=O)c1cnn3ccncc13)CC2. The average Bonchev–Trinajstić information content (AvgIpc) is 3.10. The fraction of sp³-hybridized carbons (Fsp3) is 0.133. The lowest BCUT2D eigenvalue weighted by molar-refractivity contribution is 0.0991. The molecule has 2 N–H and O–H groups in total. The second-order valence-electron chi connectivity index (χ2n) is 5.06. The third-order valence-corrected chi connectivity index (χ3v) is 3.81. The number of amides is 1. The number of hydrogen-bond donors (Lipinski definition) is 1. The van der Waals surface area contributed by atoms with Crippen molar-refractivity contribution in [3.63, 3.8) is 0 Å². The number of carbonyl (C=O) groups is 1. The molecular formula is C15H13N5O. The molecule has 1 amide bonds. The van der Waals surface area contributed by atoms with Crippen molar-refractivity contribution in [2.45, 2.75) is 6.42 Å². The molecule has 3 heterocycles. The van der Waals surface area contributed by atoms with Gasteiger partial charge >= 0.3 is 0 Å². The summed E-state index contributed by atoms with van der Waals surface area (Å²) in [5.74, 6) is -0.0673. The van der Waals surface area contributed by atoms with Gasteiger partial charge in [-0.2, -0.15) is 5.10 Å². The molecule has 1 aliphatic rings. The third kappa shape index (κ3) is 1.76. The maximum absolute atomic E-state index is 12.8. The number of nitrogens with two attached hydrogens (primary N) is 1. The molecule has 0 atom stereocenters. The average molecular weight is 279 g/mol. The molecule has 6 heteroatoms. The van der Waals surface area contributed by atoms with Crippen molar-refractivity contribution < 1.29 is 4.79 Å². The van der Waals surface area contributed by atoms with Crippen LogP contribution in [0.3, 0.4) is 0 Å². The predicted molar refractivity (Wildman–Crippen MR) is 79.2 cm³/mol. The van der Waals surface area contributed by atoms with Crippen LogP contribution in [0, 0.1) is 0 Å². The number of rotatable bonds is 1. The van der Waals surface area contributed by atoms with Crippen LogP contribution in [-0.2, 0) is 6.42 Å². The highest BCUT2D eigenvalue weighted by molar-refractivity contribution is 6.11. The summed E-state index contributed by atoms with van der Waals surface area (Å²) < 4.78 is 1.65. The summed E-state index contributed by atoms with van der Waals surface area (Å²) in [5, 5.41) is 4.19. The summed E-state index contributed by atoms with van der Waals surface area (Å²) in [7, 11) is 0. The molecule has 1 aromatic carbocycles. The van der Waals surface area contributed by atoms with E-state index in [1.165, 1.54) is 0 Å². The minimum absolute atomic E-state index is 0.0673. The van der Waals surface area contributed by atoms with Crippen molar-refractivity contribution in [3.05, 3.63) is 54.1 Å². The third-order valence-electron chi connectivity index (χ3n) is 3.81. The largest absolute Gasteiger partial charge is 0.399 e. The lowest BCUT2D eigenvalue weighted by Crippen LogP contribution is -2.28. The number of anilines is 2. The van der Waals surface area contributed by atoms with Crippen molar-refractivity contribution >= 4 is 22.8 Å². The van der Waals surface area contributed by atoms with E-state index in [1.807, 2.05) is 18.2 Å². The van der Waals surface area contributed by atoms with Crippen LogP contribution in [0.5, 0.6) is 0 Å². The van der Waals surface area contributed by atoms with Crippen molar-refractivity contribution in [1.29, 1.82) is 0 Å². The Bertz CT molecular complexity index is 854. The molecule has 6 nitrogen and oxygen atoms in total. The summed E-state index contributed by atoms with van der Waals surface area (Å²) >= 11 is 0. The Kier molecular flexibility index (Phi) is 2.44. The van der Waals surface area contributed by atoms with Gasteiger partial charge in [0, 0.05) is 30.3 Å². The Morgan fingerprint density at radius 3 is 3.10 bits per heavy atom. The van der Waals surface area contributed by atoms with Gasteiger partial charge in [0.05, 0.1) is 23.5 Å². The smallest absolute Gasteiger partial charge is 0.262 e. The van der Waals surface area contributed by atoms with E-state index in [0.29, 0.717) is 23.3 Å². The topological polar surface area (TPSA) is 76.5 Å². The summed E-state index contributed by atoms with van der Waals surface area (Å²) in [4.78, 5) is 18.6. The molecule has 0 aliphatic carbocycles. The van der Waals surface area contributed by atoms with Crippen LogP contribution in [-0.4, -0.2) is 27.0 Å². The monoisotopic (exact) mass is 279 g/mol. The molecule has 0 radical (unpaired) electrons. The molecule has 21 heavy (non-hydrogen) atoms. The van der Waals surface area contributed by atoms with Crippen molar-refractivity contribution in [1.82, 2.24) is 14.6 Å². The first-order valence-electron chi connectivity index (χ1n) is 6.71. The molecule has 0 saturated carbocycles. The zero-order chi connectivity index (χ0) is 14.4. The first-order valence-corrected chi connectivity index (χ1v) is 6.71. The molecule has 0 spiro atoms. The van der Waals surface area contributed by atoms with E-state index >= 15 is 0 Å². The number of aromatic nitrogens is 3. The number of carbonyl (C=O) groups excluding carboxylic acids is 1. The van der Waals surface area contributed by atoms with E-state index < -0.39 is 0 Å². The first-order chi connectivity index (χ1) is 10.2. The van der Waals surface area contributed by atoms with Gasteiger partial charge in [-0.3, -0.25) is 9.78 Å². The minimum atomic E-state index is -0.0673. The number of benzene rings is 1. The molecule has 3 aromatic rings. The van der Waals surface area contributed by atoms with Crippen molar-refractivity contribution in [3.8, 4) is 0 Å². The molecule has 0 bridgehead atoms. The Balaban J connectivity index is 1.79. The Morgan fingerprint density at radius 2 is 2.19 bits per heavy atom. The van der Waals surface area contributed by atoms with Crippen LogP contribution < -0.4 is 10.6 Å². The summed E-state index contributed by atoms with van der Waals surface area (Å²) in [6, 6.07) is 5.70. The van der Waals surface area contributed by atoms with Crippen LogP contribution in [0.25, 0.3) is 5.52 Å². The van der Waals surface area contributed by atoms with E-state index in [1.54, 1.807) is 34.2 Å². The van der Waals surface area contributed by atoms with Gasteiger partial charge in [-0.05, 0) is 24.1 Å². The maximum Gasteiger partial charge on any atom is 0.262 e. The Hall–Kier alpha value is -2.89. The van der Waals surface area contributed by atoms with E-state index in [4.69, 9.17) is 5.73 Å². The fourth-order valence-corrected chi connectivity index (χ4v) is 2.75. The number of nitrogens with zero attached hydrogens (tertiary/aromatic N) is 4. The standard InChI is InChI=1S/C15H13N5O/c16-11-2-1-10-3-5-19(13(10)7-11)15(21)12-8-18-20-6-4-17-9-14(12)20/h1-2,4,6-9H,3,5,16H2.